The van der Waals surface area contributed by atoms with Crippen LogP contribution >= 0.6 is 11.3 Å². The second-order valence-electron chi connectivity index (χ2n) is 4.21. The lowest BCUT2D eigenvalue weighted by molar-refractivity contribution is 0.124. The number of aromatic nitrogens is 1. The number of anilines is 1. The minimum Gasteiger partial charge on any atom is -0.383 e. The maximum absolute atomic E-state index is 5.62. The first-order valence-corrected chi connectivity index (χ1v) is 6.98. The number of ether oxygens (including phenoxy) is 1. The van der Waals surface area contributed by atoms with E-state index < -0.39 is 0 Å². The first-order chi connectivity index (χ1) is 8.17. The molecule has 0 spiro atoms. The molecule has 1 heterocycles. The summed E-state index contributed by atoms with van der Waals surface area (Å²) in [5.74, 6) is 0. The van der Waals surface area contributed by atoms with E-state index in [1.54, 1.807) is 7.11 Å². The van der Waals surface area contributed by atoms with Gasteiger partial charge in [-0.1, -0.05) is 6.92 Å². The molecule has 0 saturated heterocycles. The fourth-order valence-electron chi connectivity index (χ4n) is 1.71. The molecule has 0 bridgehead atoms. The van der Waals surface area contributed by atoms with Crippen molar-refractivity contribution in [1.82, 2.24) is 9.88 Å². The van der Waals surface area contributed by atoms with Crippen LogP contribution in [-0.2, 0) is 11.2 Å². The van der Waals surface area contributed by atoms with E-state index in [1.165, 1.54) is 11.3 Å². The zero-order valence-electron chi connectivity index (χ0n) is 11.0. The number of nitrogens with two attached hydrogens (primary N) is 1. The van der Waals surface area contributed by atoms with Gasteiger partial charge in [-0.15, -0.1) is 11.3 Å². The van der Waals surface area contributed by atoms with Crippen LogP contribution in [0.3, 0.4) is 0 Å². The molecule has 0 fully saturated rings. The monoisotopic (exact) mass is 257 g/mol. The van der Waals surface area contributed by atoms with E-state index in [4.69, 9.17) is 10.5 Å². The van der Waals surface area contributed by atoms with E-state index in [-0.39, 0.29) is 0 Å². The summed E-state index contributed by atoms with van der Waals surface area (Å²) in [4.78, 5) is 6.73. The summed E-state index contributed by atoms with van der Waals surface area (Å²) in [5.41, 5.74) is 6.72. The van der Waals surface area contributed by atoms with E-state index in [1.807, 2.05) is 5.38 Å². The molecular formula is C12H23N3OS. The second-order valence-corrected chi connectivity index (χ2v) is 5.10. The molecule has 17 heavy (non-hydrogen) atoms. The lowest BCUT2D eigenvalue weighted by atomic mass is 10.2. The molecule has 1 rings (SSSR count). The Balaban J connectivity index is 2.42. The number of hydrogen-bond acceptors (Lipinski definition) is 5. The minimum absolute atomic E-state index is 0.584. The lowest BCUT2D eigenvalue weighted by Gasteiger charge is -2.27. The molecule has 0 amide bonds. The highest BCUT2D eigenvalue weighted by molar-refractivity contribution is 7.13. The highest BCUT2D eigenvalue weighted by Crippen LogP contribution is 2.12. The van der Waals surface area contributed by atoms with Gasteiger partial charge in [0.05, 0.1) is 12.3 Å². The Morgan fingerprint density at radius 1 is 1.53 bits per heavy atom. The van der Waals surface area contributed by atoms with Gasteiger partial charge in [0.1, 0.15) is 0 Å². The molecule has 1 aromatic heterocycles. The van der Waals surface area contributed by atoms with Crippen LogP contribution in [-0.4, -0.2) is 42.7 Å². The standard InChI is InChI=1S/C12H23N3OS/c1-4-10(2)15(7-8-16-3)6-5-11-9-17-12(13)14-11/h9-10H,4-8H2,1-3H3,(H2,13,14). The smallest absolute Gasteiger partial charge is 0.180 e. The second kappa shape index (κ2) is 7.63. The Labute approximate surface area is 108 Å². The Kier molecular flexibility index (Phi) is 6.47. The van der Waals surface area contributed by atoms with Gasteiger partial charge in [0, 0.05) is 38.0 Å². The maximum atomic E-state index is 5.62. The largest absolute Gasteiger partial charge is 0.383 e. The van der Waals surface area contributed by atoms with Crippen LogP contribution in [0.1, 0.15) is 26.0 Å². The highest BCUT2D eigenvalue weighted by Gasteiger charge is 2.12. The van der Waals surface area contributed by atoms with E-state index >= 15 is 0 Å². The first kappa shape index (κ1) is 14.4. The van der Waals surface area contributed by atoms with Crippen molar-refractivity contribution in [2.75, 3.05) is 32.5 Å². The van der Waals surface area contributed by atoms with Crippen LogP contribution in [0.4, 0.5) is 5.13 Å². The number of nitrogens with zero attached hydrogens (tertiary/aromatic N) is 2. The third-order valence-electron chi connectivity index (χ3n) is 3.02. The molecule has 0 aromatic carbocycles. The van der Waals surface area contributed by atoms with Crippen molar-refractivity contribution in [2.45, 2.75) is 32.7 Å². The number of nitrogen functional groups attached to an aromatic ring is 1. The van der Waals surface area contributed by atoms with E-state index in [9.17, 15) is 0 Å². The Morgan fingerprint density at radius 3 is 2.82 bits per heavy atom. The lowest BCUT2D eigenvalue weighted by Crippen LogP contribution is -2.37. The van der Waals surface area contributed by atoms with Gasteiger partial charge >= 0.3 is 0 Å². The molecule has 0 aliphatic carbocycles. The normalized spacial score (nSPS) is 13.2. The number of rotatable bonds is 8. The van der Waals surface area contributed by atoms with Gasteiger partial charge < -0.3 is 10.5 Å². The fraction of sp³-hybridized carbons (Fsp3) is 0.750. The van der Waals surface area contributed by atoms with Crippen LogP contribution in [0.2, 0.25) is 0 Å². The Hall–Kier alpha value is -0.650. The molecule has 98 valence electrons. The van der Waals surface area contributed by atoms with Crippen LogP contribution in [0, 0.1) is 0 Å². The summed E-state index contributed by atoms with van der Waals surface area (Å²) >= 11 is 1.51. The van der Waals surface area contributed by atoms with Gasteiger partial charge in [0.25, 0.3) is 0 Å². The average Bonchev–Trinajstić information content (AvgIpc) is 2.74. The summed E-state index contributed by atoms with van der Waals surface area (Å²) in [5, 5.41) is 2.70. The fourth-order valence-corrected chi connectivity index (χ4v) is 2.31. The van der Waals surface area contributed by atoms with E-state index in [0.29, 0.717) is 11.2 Å². The molecule has 5 heteroatoms. The van der Waals surface area contributed by atoms with Crippen molar-refractivity contribution in [3.63, 3.8) is 0 Å². The Morgan fingerprint density at radius 2 is 2.29 bits per heavy atom. The van der Waals surface area contributed by atoms with E-state index in [2.05, 4.69) is 23.7 Å². The quantitative estimate of drug-likeness (QED) is 0.774. The van der Waals surface area contributed by atoms with Crippen molar-refractivity contribution in [2.24, 2.45) is 0 Å². The zero-order chi connectivity index (χ0) is 12.7. The third kappa shape index (κ3) is 5.02. The van der Waals surface area contributed by atoms with Gasteiger partial charge in [-0.2, -0.15) is 0 Å². The first-order valence-electron chi connectivity index (χ1n) is 6.10. The SMILES string of the molecule is CCC(C)N(CCOC)CCc1csc(N)n1. The van der Waals surface area contributed by atoms with Crippen molar-refractivity contribution in [1.29, 1.82) is 0 Å². The summed E-state index contributed by atoms with van der Waals surface area (Å²) in [6, 6.07) is 0.584. The minimum atomic E-state index is 0.584. The molecule has 0 radical (unpaired) electrons. The number of thiazole rings is 1. The molecule has 1 atom stereocenters. The zero-order valence-corrected chi connectivity index (χ0v) is 11.8. The van der Waals surface area contributed by atoms with Crippen molar-refractivity contribution in [3.8, 4) is 0 Å². The predicted octanol–water partition coefficient (Wildman–Crippen LogP) is 2.01. The molecule has 1 aromatic rings. The Bertz CT molecular complexity index is 316. The van der Waals surface area contributed by atoms with Crippen LogP contribution < -0.4 is 5.73 Å². The van der Waals surface area contributed by atoms with Crippen LogP contribution in [0.25, 0.3) is 0 Å². The van der Waals surface area contributed by atoms with Crippen molar-refractivity contribution >= 4 is 16.5 Å². The molecule has 0 aliphatic heterocycles. The van der Waals surface area contributed by atoms with Crippen LogP contribution in [0.5, 0.6) is 0 Å². The average molecular weight is 257 g/mol. The summed E-state index contributed by atoms with van der Waals surface area (Å²) in [7, 11) is 1.75. The summed E-state index contributed by atoms with van der Waals surface area (Å²) in [6.45, 7) is 7.24. The molecule has 2 N–H and O–H groups in total. The predicted molar refractivity (Wildman–Crippen MR) is 73.4 cm³/mol. The summed E-state index contributed by atoms with van der Waals surface area (Å²) in [6.07, 6.45) is 2.12. The van der Waals surface area contributed by atoms with Crippen LogP contribution in [0.15, 0.2) is 5.38 Å². The number of hydrogen-bond donors (Lipinski definition) is 1. The molecule has 1 unspecified atom stereocenters. The van der Waals surface area contributed by atoms with Crippen molar-refractivity contribution in [3.05, 3.63) is 11.1 Å². The van der Waals surface area contributed by atoms with E-state index in [0.717, 1.165) is 38.2 Å². The third-order valence-corrected chi connectivity index (χ3v) is 3.74. The number of methoxy groups -OCH3 is 1. The molecule has 0 saturated carbocycles. The highest BCUT2D eigenvalue weighted by atomic mass is 32.1. The van der Waals surface area contributed by atoms with Gasteiger partial charge in [0.15, 0.2) is 5.13 Å². The van der Waals surface area contributed by atoms with Gasteiger partial charge in [-0.25, -0.2) is 4.98 Å². The summed E-state index contributed by atoms with van der Waals surface area (Å²) < 4.78 is 5.15. The van der Waals surface area contributed by atoms with Gasteiger partial charge in [0.2, 0.25) is 0 Å². The van der Waals surface area contributed by atoms with Gasteiger partial charge in [-0.3, -0.25) is 4.90 Å². The van der Waals surface area contributed by atoms with Gasteiger partial charge in [-0.05, 0) is 13.3 Å². The molecule has 0 aliphatic rings. The van der Waals surface area contributed by atoms with Crippen molar-refractivity contribution < 1.29 is 4.74 Å². The topological polar surface area (TPSA) is 51.4 Å². The molecule has 4 nitrogen and oxygen atoms in total. The molecular weight excluding hydrogens is 234 g/mol. The maximum Gasteiger partial charge on any atom is 0.180 e.